The molecule has 0 spiro atoms. The van der Waals surface area contributed by atoms with Gasteiger partial charge < -0.3 is 15.5 Å². The molecule has 1 atom stereocenters. The van der Waals surface area contributed by atoms with E-state index in [4.69, 9.17) is 5.11 Å². The van der Waals surface area contributed by atoms with Crippen LogP contribution in [-0.4, -0.2) is 29.3 Å². The average molecular weight is 251 g/mol. The molecule has 0 saturated carbocycles. The van der Waals surface area contributed by atoms with Crippen molar-refractivity contribution < 1.29 is 15.0 Å². The van der Waals surface area contributed by atoms with Gasteiger partial charge in [0, 0.05) is 18.7 Å². The number of aliphatic hydroxyl groups is 1. The van der Waals surface area contributed by atoms with E-state index in [1.807, 2.05) is 6.92 Å². The molecule has 0 saturated heterocycles. The normalized spacial score (nSPS) is 12.2. The van der Waals surface area contributed by atoms with Crippen molar-refractivity contribution in [3.05, 3.63) is 29.3 Å². The third kappa shape index (κ3) is 4.37. The molecule has 1 unspecified atom stereocenters. The third-order valence-corrected chi connectivity index (χ3v) is 2.93. The minimum Gasteiger partial charge on any atom is -0.508 e. The molecule has 1 rings (SSSR count). The highest BCUT2D eigenvalue weighted by molar-refractivity contribution is 5.95. The second-order valence-electron chi connectivity index (χ2n) is 4.69. The van der Waals surface area contributed by atoms with Crippen molar-refractivity contribution in [1.82, 2.24) is 5.32 Å². The molecule has 4 heteroatoms. The summed E-state index contributed by atoms with van der Waals surface area (Å²) in [4.78, 5) is 11.8. The summed E-state index contributed by atoms with van der Waals surface area (Å²) in [6.45, 7) is 4.56. The van der Waals surface area contributed by atoms with Crippen LogP contribution in [0, 0.1) is 12.8 Å². The highest BCUT2D eigenvalue weighted by atomic mass is 16.3. The van der Waals surface area contributed by atoms with E-state index in [2.05, 4.69) is 5.32 Å². The van der Waals surface area contributed by atoms with Crippen molar-refractivity contribution in [1.29, 1.82) is 0 Å². The topological polar surface area (TPSA) is 69.6 Å². The largest absolute Gasteiger partial charge is 0.508 e. The molecule has 4 nitrogen and oxygen atoms in total. The van der Waals surface area contributed by atoms with Crippen LogP contribution in [0.25, 0.3) is 0 Å². The lowest BCUT2D eigenvalue weighted by atomic mass is 10.1. The Hall–Kier alpha value is -1.55. The summed E-state index contributed by atoms with van der Waals surface area (Å²) < 4.78 is 0. The monoisotopic (exact) mass is 251 g/mol. The molecule has 0 aliphatic heterocycles. The van der Waals surface area contributed by atoms with Crippen LogP contribution in [0.1, 0.15) is 35.7 Å². The van der Waals surface area contributed by atoms with Crippen LogP contribution >= 0.6 is 0 Å². The summed E-state index contributed by atoms with van der Waals surface area (Å²) in [5.74, 6) is 0.322. The molecule has 1 aromatic rings. The molecule has 0 aromatic heterocycles. The first kappa shape index (κ1) is 14.5. The van der Waals surface area contributed by atoms with E-state index >= 15 is 0 Å². The fourth-order valence-electron chi connectivity index (χ4n) is 1.74. The number of aromatic hydroxyl groups is 1. The Morgan fingerprint density at radius 2 is 2.17 bits per heavy atom. The second kappa shape index (κ2) is 7.01. The maximum atomic E-state index is 11.8. The first-order chi connectivity index (χ1) is 8.54. The molecule has 0 radical (unpaired) electrons. The van der Waals surface area contributed by atoms with Gasteiger partial charge in [-0.25, -0.2) is 0 Å². The van der Waals surface area contributed by atoms with E-state index in [1.54, 1.807) is 19.1 Å². The molecular weight excluding hydrogens is 230 g/mol. The van der Waals surface area contributed by atoms with Gasteiger partial charge in [-0.3, -0.25) is 4.79 Å². The Morgan fingerprint density at radius 1 is 1.44 bits per heavy atom. The SMILES string of the molecule is Cc1cc(O)ccc1C(=O)NCCCC(C)CO. The summed E-state index contributed by atoms with van der Waals surface area (Å²) in [7, 11) is 0. The lowest BCUT2D eigenvalue weighted by molar-refractivity contribution is 0.0951. The van der Waals surface area contributed by atoms with E-state index in [0.29, 0.717) is 12.1 Å². The van der Waals surface area contributed by atoms with Gasteiger partial charge in [0.05, 0.1) is 0 Å². The summed E-state index contributed by atoms with van der Waals surface area (Å²) in [6, 6.07) is 4.70. The van der Waals surface area contributed by atoms with Gasteiger partial charge in [0.2, 0.25) is 0 Å². The minimum atomic E-state index is -0.121. The first-order valence-corrected chi connectivity index (χ1v) is 6.23. The van der Waals surface area contributed by atoms with E-state index in [-0.39, 0.29) is 24.2 Å². The number of rotatable bonds is 6. The van der Waals surface area contributed by atoms with E-state index in [0.717, 1.165) is 18.4 Å². The molecule has 1 amide bonds. The van der Waals surface area contributed by atoms with Gasteiger partial charge in [-0.2, -0.15) is 0 Å². The maximum absolute atomic E-state index is 11.8. The quantitative estimate of drug-likeness (QED) is 0.676. The number of nitrogens with one attached hydrogen (secondary N) is 1. The standard InChI is InChI=1S/C14H21NO3/c1-10(9-16)4-3-7-15-14(18)13-6-5-12(17)8-11(13)2/h5-6,8,10,16-17H,3-4,7,9H2,1-2H3,(H,15,18). The number of aryl methyl sites for hydroxylation is 1. The summed E-state index contributed by atoms with van der Waals surface area (Å²) in [5, 5.41) is 21.0. The summed E-state index contributed by atoms with van der Waals surface area (Å²) in [5.41, 5.74) is 1.35. The molecule has 0 fully saturated rings. The Bertz CT molecular complexity index is 404. The zero-order valence-corrected chi connectivity index (χ0v) is 10.9. The number of phenols is 1. The predicted molar refractivity (Wildman–Crippen MR) is 70.7 cm³/mol. The molecule has 100 valence electrons. The fraction of sp³-hybridized carbons (Fsp3) is 0.500. The zero-order chi connectivity index (χ0) is 13.5. The van der Waals surface area contributed by atoms with Crippen LogP contribution in [-0.2, 0) is 0 Å². The Balaban J connectivity index is 2.41. The number of benzene rings is 1. The van der Waals surface area contributed by atoms with Crippen molar-refractivity contribution in [2.24, 2.45) is 5.92 Å². The average Bonchev–Trinajstić information content (AvgIpc) is 2.34. The van der Waals surface area contributed by atoms with E-state index in [9.17, 15) is 9.90 Å². The fourth-order valence-corrected chi connectivity index (χ4v) is 1.74. The van der Waals surface area contributed by atoms with Crippen LogP contribution in [0.3, 0.4) is 0 Å². The zero-order valence-electron chi connectivity index (χ0n) is 10.9. The molecule has 18 heavy (non-hydrogen) atoms. The maximum Gasteiger partial charge on any atom is 0.251 e. The Morgan fingerprint density at radius 3 is 2.78 bits per heavy atom. The molecule has 3 N–H and O–H groups in total. The second-order valence-corrected chi connectivity index (χ2v) is 4.69. The van der Waals surface area contributed by atoms with Crippen LogP contribution in [0.5, 0.6) is 5.75 Å². The highest BCUT2D eigenvalue weighted by Crippen LogP contribution is 2.15. The minimum absolute atomic E-state index is 0.121. The summed E-state index contributed by atoms with van der Waals surface area (Å²) in [6.07, 6.45) is 1.75. The number of phenolic OH excluding ortho intramolecular Hbond substituents is 1. The molecule has 0 bridgehead atoms. The number of carbonyl (C=O) groups excluding carboxylic acids is 1. The molecule has 0 aliphatic rings. The van der Waals surface area contributed by atoms with Gasteiger partial charge in [0.25, 0.3) is 5.91 Å². The van der Waals surface area contributed by atoms with Crippen molar-refractivity contribution in [2.75, 3.05) is 13.2 Å². The molecule has 0 heterocycles. The molecular formula is C14H21NO3. The number of amides is 1. The van der Waals surface area contributed by atoms with Gasteiger partial charge in [0.15, 0.2) is 0 Å². The summed E-state index contributed by atoms with van der Waals surface area (Å²) >= 11 is 0. The van der Waals surface area contributed by atoms with Gasteiger partial charge >= 0.3 is 0 Å². The number of hydrogen-bond acceptors (Lipinski definition) is 3. The molecule has 1 aromatic carbocycles. The number of aliphatic hydroxyl groups excluding tert-OH is 1. The van der Waals surface area contributed by atoms with Crippen LogP contribution < -0.4 is 5.32 Å². The van der Waals surface area contributed by atoms with Crippen molar-refractivity contribution in [3.63, 3.8) is 0 Å². The lowest BCUT2D eigenvalue weighted by Gasteiger charge is -2.10. The van der Waals surface area contributed by atoms with Gasteiger partial charge in [-0.05, 0) is 49.4 Å². The van der Waals surface area contributed by atoms with Crippen molar-refractivity contribution in [2.45, 2.75) is 26.7 Å². The predicted octanol–water partition coefficient (Wildman–Crippen LogP) is 1.84. The number of hydrogen-bond donors (Lipinski definition) is 3. The van der Waals surface area contributed by atoms with Crippen LogP contribution in [0.2, 0.25) is 0 Å². The van der Waals surface area contributed by atoms with E-state index < -0.39 is 0 Å². The first-order valence-electron chi connectivity index (χ1n) is 6.23. The highest BCUT2D eigenvalue weighted by Gasteiger charge is 2.08. The Labute approximate surface area is 108 Å². The van der Waals surface area contributed by atoms with Crippen LogP contribution in [0.4, 0.5) is 0 Å². The Kier molecular flexibility index (Phi) is 5.65. The lowest BCUT2D eigenvalue weighted by Crippen LogP contribution is -2.25. The van der Waals surface area contributed by atoms with Gasteiger partial charge in [-0.15, -0.1) is 0 Å². The van der Waals surface area contributed by atoms with Crippen molar-refractivity contribution in [3.8, 4) is 5.75 Å². The van der Waals surface area contributed by atoms with Gasteiger partial charge in [0.1, 0.15) is 5.75 Å². The van der Waals surface area contributed by atoms with E-state index in [1.165, 1.54) is 6.07 Å². The number of carbonyl (C=O) groups is 1. The molecule has 0 aliphatic carbocycles. The third-order valence-electron chi connectivity index (χ3n) is 2.93. The van der Waals surface area contributed by atoms with Crippen LogP contribution in [0.15, 0.2) is 18.2 Å². The van der Waals surface area contributed by atoms with Crippen molar-refractivity contribution >= 4 is 5.91 Å². The smallest absolute Gasteiger partial charge is 0.251 e. The van der Waals surface area contributed by atoms with Gasteiger partial charge in [-0.1, -0.05) is 6.92 Å².